The fourth-order valence-corrected chi connectivity index (χ4v) is 11.6. The Balaban J connectivity index is 1.18. The molecule has 0 amide bonds. The highest BCUT2D eigenvalue weighted by Gasteiger charge is 2.41. The van der Waals surface area contributed by atoms with Gasteiger partial charge in [-0.25, -0.2) is 0 Å². The summed E-state index contributed by atoms with van der Waals surface area (Å²) in [6, 6.07) is 48.1. The summed E-state index contributed by atoms with van der Waals surface area (Å²) < 4.78 is 7.20. The van der Waals surface area contributed by atoms with Gasteiger partial charge in [0.1, 0.15) is 5.58 Å². The van der Waals surface area contributed by atoms with Crippen LogP contribution in [-0.2, 0) is 21.7 Å². The minimum Gasteiger partial charge on any atom is -0.469 e. The van der Waals surface area contributed by atoms with Crippen LogP contribution in [0.2, 0.25) is 0 Å². The van der Waals surface area contributed by atoms with Crippen molar-refractivity contribution in [3.8, 4) is 22.3 Å². The standard InChI is InChI=1S/C58H54BN2O/c1-55(2)25-26-56(3,4)45-31-37(22-24-44(45)55)61-48-30-36(34-15-10-9-11-16-34)29-42(40-20-14-19-39-41-23-21-35-17-12-13-18-38(35)51(41)60-52(39)40)50(48)59-54-53(61)43-32-46-47(33-49(43)62-54)58(7,8)28-27-57(46,5)6/h9-24,29-33,60H,25-28H2,1-8H3. The summed E-state index contributed by atoms with van der Waals surface area (Å²) in [5, 5.41) is 6.13. The number of nitrogens with zero attached hydrogens (tertiary/aromatic N) is 1. The fraction of sp³-hybridized carbons (Fsp3) is 0.276. The summed E-state index contributed by atoms with van der Waals surface area (Å²) in [6.45, 7) is 19.4. The number of hydrogen-bond donors (Lipinski definition) is 1. The molecule has 3 nitrogen and oxygen atoms in total. The summed E-state index contributed by atoms with van der Waals surface area (Å²) in [4.78, 5) is 6.55. The first-order chi connectivity index (χ1) is 29.7. The summed E-state index contributed by atoms with van der Waals surface area (Å²) >= 11 is 0. The van der Waals surface area contributed by atoms with E-state index in [-0.39, 0.29) is 21.7 Å². The van der Waals surface area contributed by atoms with E-state index in [2.05, 4.69) is 200 Å². The highest BCUT2D eigenvalue weighted by atomic mass is 16.3. The zero-order chi connectivity index (χ0) is 42.5. The van der Waals surface area contributed by atoms with Crippen molar-refractivity contribution in [3.63, 3.8) is 0 Å². The van der Waals surface area contributed by atoms with Crippen LogP contribution in [0.4, 0.5) is 17.1 Å². The molecule has 0 atom stereocenters. The molecule has 0 saturated heterocycles. The van der Waals surface area contributed by atoms with Crippen LogP contribution in [0.1, 0.15) is 103 Å². The molecule has 3 heterocycles. The second kappa shape index (κ2) is 12.8. The molecule has 4 heteroatoms. The number of anilines is 3. The van der Waals surface area contributed by atoms with Gasteiger partial charge in [-0.05, 0) is 134 Å². The number of aromatic nitrogens is 1. The lowest BCUT2D eigenvalue weighted by Crippen LogP contribution is -2.40. The zero-order valence-electron chi connectivity index (χ0n) is 37.4. The number of para-hydroxylation sites is 1. The van der Waals surface area contributed by atoms with Gasteiger partial charge in [0, 0.05) is 38.5 Å². The van der Waals surface area contributed by atoms with Crippen LogP contribution in [0.25, 0.3) is 65.8 Å². The molecule has 7 aromatic carbocycles. The Morgan fingerprint density at radius 2 is 1.15 bits per heavy atom. The maximum atomic E-state index is 7.20. The molecule has 3 aliphatic rings. The fourth-order valence-electron chi connectivity index (χ4n) is 11.6. The number of H-pyrrole nitrogens is 1. The van der Waals surface area contributed by atoms with E-state index in [1.807, 2.05) is 0 Å². The van der Waals surface area contributed by atoms with Crippen molar-refractivity contribution >= 4 is 79.0 Å². The zero-order valence-corrected chi connectivity index (χ0v) is 37.4. The number of fused-ring (bicyclic) bond motifs is 11. The minimum atomic E-state index is 0.0497. The Bertz CT molecular complexity index is 3340. The summed E-state index contributed by atoms with van der Waals surface area (Å²) in [5.41, 5.74) is 19.6. The summed E-state index contributed by atoms with van der Waals surface area (Å²) in [7, 11) is 2.35. The lowest BCUT2D eigenvalue weighted by Gasteiger charge is -2.43. The molecule has 1 N–H and O–H groups in total. The van der Waals surface area contributed by atoms with Crippen molar-refractivity contribution in [3.05, 3.63) is 150 Å². The van der Waals surface area contributed by atoms with Gasteiger partial charge < -0.3 is 14.3 Å². The first-order valence-electron chi connectivity index (χ1n) is 22.8. The molecule has 0 bridgehead atoms. The molecule has 0 fully saturated rings. The molecule has 2 aliphatic carbocycles. The predicted octanol–water partition coefficient (Wildman–Crippen LogP) is 14.7. The van der Waals surface area contributed by atoms with Crippen molar-refractivity contribution in [1.29, 1.82) is 0 Å². The van der Waals surface area contributed by atoms with Crippen molar-refractivity contribution in [2.24, 2.45) is 0 Å². The molecule has 1 aliphatic heterocycles. The topological polar surface area (TPSA) is 32.2 Å². The van der Waals surface area contributed by atoms with Gasteiger partial charge in [0.15, 0.2) is 0 Å². The lowest BCUT2D eigenvalue weighted by molar-refractivity contribution is 0.332. The largest absolute Gasteiger partial charge is 0.469 e. The monoisotopic (exact) mass is 805 g/mol. The third kappa shape index (κ3) is 5.44. The Labute approximate surface area is 366 Å². The number of hydrogen-bond acceptors (Lipinski definition) is 2. The van der Waals surface area contributed by atoms with E-state index in [0.717, 1.165) is 47.2 Å². The van der Waals surface area contributed by atoms with E-state index in [1.165, 1.54) is 94.8 Å². The first-order valence-corrected chi connectivity index (χ1v) is 22.8. The first kappa shape index (κ1) is 37.7. The Morgan fingerprint density at radius 3 is 1.90 bits per heavy atom. The van der Waals surface area contributed by atoms with Gasteiger partial charge in [-0.15, -0.1) is 0 Å². The van der Waals surface area contributed by atoms with E-state index < -0.39 is 0 Å². The van der Waals surface area contributed by atoms with E-state index in [0.29, 0.717) is 0 Å². The van der Waals surface area contributed by atoms with Crippen LogP contribution < -0.4 is 16.0 Å². The van der Waals surface area contributed by atoms with Gasteiger partial charge >= 0.3 is 0 Å². The van der Waals surface area contributed by atoms with Gasteiger partial charge in [0.2, 0.25) is 7.28 Å². The van der Waals surface area contributed by atoms with Crippen LogP contribution in [0.3, 0.4) is 0 Å². The van der Waals surface area contributed by atoms with E-state index >= 15 is 0 Å². The average molecular weight is 806 g/mol. The SMILES string of the molecule is CC1(C)CCC(C)(C)c2cc(N3c4cc(-c5ccccc5)cc(-c5cccc6c5[nH]c5c7ccccc7ccc65)c4[B]c4oc5cc6c(cc5c43)C(C)(C)CCC6(C)C)ccc21. The number of aromatic amines is 1. The van der Waals surface area contributed by atoms with E-state index in [9.17, 15) is 0 Å². The highest BCUT2D eigenvalue weighted by molar-refractivity contribution is 6.73. The van der Waals surface area contributed by atoms with Crippen molar-refractivity contribution in [1.82, 2.24) is 4.98 Å². The third-order valence-electron chi connectivity index (χ3n) is 15.6. The molecule has 9 aromatic rings. The van der Waals surface area contributed by atoms with Crippen LogP contribution in [0.15, 0.2) is 132 Å². The Morgan fingerprint density at radius 1 is 0.500 bits per heavy atom. The van der Waals surface area contributed by atoms with Crippen LogP contribution in [0, 0.1) is 0 Å². The average Bonchev–Trinajstić information content (AvgIpc) is 3.84. The van der Waals surface area contributed by atoms with Gasteiger partial charge in [0.05, 0.1) is 22.4 Å². The van der Waals surface area contributed by atoms with Crippen LogP contribution in [0.5, 0.6) is 0 Å². The Hall–Kier alpha value is -6.00. The second-order valence-electron chi connectivity index (χ2n) is 21.3. The molecule has 0 spiro atoms. The molecule has 1 radical (unpaired) electrons. The van der Waals surface area contributed by atoms with Crippen LogP contribution in [-0.4, -0.2) is 12.3 Å². The van der Waals surface area contributed by atoms with Crippen molar-refractivity contribution < 1.29 is 4.42 Å². The number of benzene rings is 7. The molecule has 62 heavy (non-hydrogen) atoms. The molecular weight excluding hydrogens is 751 g/mol. The predicted molar refractivity (Wildman–Crippen MR) is 264 cm³/mol. The molecule has 12 rings (SSSR count). The Kier molecular flexibility index (Phi) is 7.78. The number of nitrogens with one attached hydrogen (secondary N) is 1. The third-order valence-corrected chi connectivity index (χ3v) is 15.6. The number of furan rings is 1. The maximum absolute atomic E-state index is 7.20. The normalized spacial score (nSPS) is 18.0. The second-order valence-corrected chi connectivity index (χ2v) is 21.3. The highest BCUT2D eigenvalue weighted by Crippen LogP contribution is 2.52. The van der Waals surface area contributed by atoms with Gasteiger partial charge in [0.25, 0.3) is 0 Å². The minimum absolute atomic E-state index is 0.0497. The van der Waals surface area contributed by atoms with Gasteiger partial charge in [-0.3, -0.25) is 0 Å². The summed E-state index contributed by atoms with van der Waals surface area (Å²) in [5.74, 6) is 0. The molecule has 2 aromatic heterocycles. The molecule has 0 unspecified atom stereocenters. The number of rotatable bonds is 3. The van der Waals surface area contributed by atoms with Crippen LogP contribution >= 0.6 is 0 Å². The van der Waals surface area contributed by atoms with E-state index in [1.54, 1.807) is 0 Å². The molecule has 305 valence electrons. The molecular formula is C58H54BN2O. The van der Waals surface area contributed by atoms with E-state index in [4.69, 9.17) is 4.42 Å². The van der Waals surface area contributed by atoms with Gasteiger partial charge in [-0.1, -0.05) is 146 Å². The van der Waals surface area contributed by atoms with Gasteiger partial charge in [-0.2, -0.15) is 0 Å². The molecule has 0 saturated carbocycles. The lowest BCUT2D eigenvalue weighted by atomic mass is 9.60. The quantitative estimate of drug-likeness (QED) is 0.180. The smallest absolute Gasteiger partial charge is 0.247 e. The summed E-state index contributed by atoms with van der Waals surface area (Å²) in [6.07, 6.45) is 4.65. The van der Waals surface area contributed by atoms with Crippen molar-refractivity contribution in [2.45, 2.75) is 103 Å². The van der Waals surface area contributed by atoms with Crippen molar-refractivity contribution in [2.75, 3.05) is 4.90 Å². The maximum Gasteiger partial charge on any atom is 0.247 e.